The Morgan fingerprint density at radius 1 is 0.789 bits per heavy atom. The van der Waals surface area contributed by atoms with Crippen molar-refractivity contribution >= 4 is 28.8 Å². The number of aromatic nitrogens is 2. The Morgan fingerprint density at radius 3 is 1.70 bits per heavy atom. The zero-order valence-electron chi connectivity index (χ0n) is 29.5. The fourth-order valence-electron chi connectivity index (χ4n) is 5.90. The fraction of sp³-hybridized carbons (Fsp3) is 0.216. The van der Waals surface area contributed by atoms with Gasteiger partial charge >= 0.3 is 5.69 Å². The molecule has 20 nitrogen and oxygen atoms in total. The third kappa shape index (κ3) is 9.16. The summed E-state index contributed by atoms with van der Waals surface area (Å²) in [4.78, 5) is 64.1. The lowest BCUT2D eigenvalue weighted by Gasteiger charge is -2.19. The van der Waals surface area contributed by atoms with Gasteiger partial charge in [-0.3, -0.25) is 39.7 Å². The van der Waals surface area contributed by atoms with E-state index in [9.17, 15) is 50.1 Å². The molecule has 0 spiro atoms. The van der Waals surface area contributed by atoms with Crippen molar-refractivity contribution in [2.24, 2.45) is 0 Å². The minimum absolute atomic E-state index is 0.00832. The van der Waals surface area contributed by atoms with Crippen LogP contribution < -0.4 is 25.2 Å². The minimum Gasteiger partial charge on any atom is -0.485 e. The predicted octanol–water partition coefficient (Wildman–Crippen LogP) is 4.60. The van der Waals surface area contributed by atoms with Gasteiger partial charge in [0.25, 0.3) is 23.0 Å². The second-order valence-electron chi connectivity index (χ2n) is 12.4. The largest absolute Gasteiger partial charge is 0.485 e. The second-order valence-corrected chi connectivity index (χ2v) is 12.4. The lowest BCUT2D eigenvalue weighted by molar-refractivity contribution is -0.386. The Morgan fingerprint density at radius 2 is 1.26 bits per heavy atom. The number of anilines is 1. The molecule has 20 heteroatoms. The molecule has 2 heterocycles. The molecule has 3 atom stereocenters. The van der Waals surface area contributed by atoms with Crippen LogP contribution >= 0.6 is 0 Å². The molecule has 0 unspecified atom stereocenters. The van der Waals surface area contributed by atoms with E-state index in [0.29, 0.717) is 0 Å². The van der Waals surface area contributed by atoms with Gasteiger partial charge in [-0.1, -0.05) is 36.4 Å². The summed E-state index contributed by atoms with van der Waals surface area (Å²) in [7, 11) is 0. The molecule has 0 bridgehead atoms. The Balaban J connectivity index is 1.38. The summed E-state index contributed by atoms with van der Waals surface area (Å²) in [6.07, 6.45) is -1.55. The number of rotatable bonds is 16. The van der Waals surface area contributed by atoms with E-state index in [4.69, 9.17) is 18.9 Å². The van der Waals surface area contributed by atoms with Crippen molar-refractivity contribution in [3.05, 3.63) is 160 Å². The first-order valence-electron chi connectivity index (χ1n) is 17.0. The summed E-state index contributed by atoms with van der Waals surface area (Å²) in [6.45, 7) is -1.75. The van der Waals surface area contributed by atoms with Crippen LogP contribution in [0, 0.1) is 30.3 Å². The lowest BCUT2D eigenvalue weighted by Crippen LogP contribution is -2.28. The highest BCUT2D eigenvalue weighted by atomic mass is 16.6. The maximum absolute atomic E-state index is 13.8. The van der Waals surface area contributed by atoms with E-state index in [0.717, 1.165) is 4.57 Å². The number of nitro benzene ring substituents is 3. The molecule has 3 N–H and O–H groups in total. The van der Waals surface area contributed by atoms with Crippen LogP contribution in [-0.4, -0.2) is 59.3 Å². The predicted molar refractivity (Wildman–Crippen MR) is 197 cm³/mol. The van der Waals surface area contributed by atoms with Gasteiger partial charge in [-0.15, -0.1) is 0 Å². The first kappa shape index (κ1) is 39.4. The number of hydrogen-bond donors (Lipinski definition) is 3. The van der Waals surface area contributed by atoms with Crippen molar-refractivity contribution in [2.75, 3.05) is 11.9 Å². The van der Waals surface area contributed by atoms with E-state index in [-0.39, 0.29) is 68.8 Å². The topological polar surface area (TPSA) is 271 Å². The molecule has 0 saturated carbocycles. The van der Waals surface area contributed by atoms with E-state index < -0.39 is 71.2 Å². The quantitative estimate of drug-likeness (QED) is 0.0911. The molecule has 1 aromatic heterocycles. The number of ether oxygens (including phenoxy) is 4. The molecule has 0 aliphatic carbocycles. The molecule has 1 amide bonds. The van der Waals surface area contributed by atoms with Crippen molar-refractivity contribution in [2.45, 2.75) is 44.7 Å². The Labute approximate surface area is 320 Å². The molecule has 1 aliphatic rings. The van der Waals surface area contributed by atoms with Crippen LogP contribution in [0.2, 0.25) is 0 Å². The van der Waals surface area contributed by atoms with Crippen molar-refractivity contribution in [1.82, 2.24) is 9.55 Å². The zero-order chi connectivity index (χ0) is 40.6. The van der Waals surface area contributed by atoms with E-state index in [2.05, 4.69) is 10.3 Å². The number of nitrogens with one attached hydrogen (secondary N) is 1. The fourth-order valence-corrected chi connectivity index (χ4v) is 5.90. The number of nitrogens with zero attached hydrogens (tertiary/aromatic N) is 5. The molecule has 0 radical (unpaired) electrons. The van der Waals surface area contributed by atoms with Gasteiger partial charge in [-0.25, -0.2) is 4.79 Å². The summed E-state index contributed by atoms with van der Waals surface area (Å²) in [5, 5.41) is 57.3. The molecule has 1 aliphatic heterocycles. The van der Waals surface area contributed by atoms with Crippen molar-refractivity contribution in [3.8, 4) is 17.2 Å². The first-order chi connectivity index (χ1) is 27.4. The van der Waals surface area contributed by atoms with Gasteiger partial charge in [0.05, 0.1) is 44.2 Å². The smallest absolute Gasteiger partial charge is 0.351 e. The number of amides is 1. The van der Waals surface area contributed by atoms with Crippen molar-refractivity contribution in [1.29, 1.82) is 0 Å². The van der Waals surface area contributed by atoms with Gasteiger partial charge in [-0.05, 0) is 36.4 Å². The highest BCUT2D eigenvalue weighted by Crippen LogP contribution is 2.42. The van der Waals surface area contributed by atoms with Crippen LogP contribution in [0.3, 0.4) is 0 Å². The first-order valence-corrected chi connectivity index (χ1v) is 17.0. The van der Waals surface area contributed by atoms with Crippen LogP contribution in [0.5, 0.6) is 17.2 Å². The summed E-state index contributed by atoms with van der Waals surface area (Å²) in [5.41, 5.74) is -1.41. The maximum atomic E-state index is 13.8. The molecule has 1 fully saturated rings. The SMILES string of the molecule is O=C(Nc1ccn([C@H]2C[C@H](O)[C@@H](CO)O2)c(=O)n1)c1cc(OCc2ccccc2[N+](=O)[O-])c(OCc2ccccc2[N+](=O)[O-])c(OCc2ccccc2[N+](=O)[O-])c1. The number of benzene rings is 4. The molecule has 4 aromatic carbocycles. The van der Waals surface area contributed by atoms with Gasteiger partial charge in [0.2, 0.25) is 5.75 Å². The van der Waals surface area contributed by atoms with Crippen LogP contribution in [0.1, 0.15) is 39.7 Å². The van der Waals surface area contributed by atoms with Gasteiger partial charge in [0, 0.05) is 36.4 Å². The molecule has 1 saturated heterocycles. The molecule has 6 rings (SSSR count). The van der Waals surface area contributed by atoms with Gasteiger partial charge in [0.1, 0.15) is 38.0 Å². The summed E-state index contributed by atoms with van der Waals surface area (Å²) >= 11 is 0. The number of hydrogen-bond acceptors (Lipinski definition) is 15. The van der Waals surface area contributed by atoms with Crippen molar-refractivity contribution < 1.29 is 48.7 Å². The highest BCUT2D eigenvalue weighted by Gasteiger charge is 2.35. The number of para-hydroxylation sites is 3. The number of carbonyl (C=O) groups excluding carboxylic acids is 1. The van der Waals surface area contributed by atoms with Crippen molar-refractivity contribution in [3.63, 3.8) is 0 Å². The van der Waals surface area contributed by atoms with E-state index in [1.807, 2.05) is 0 Å². The summed E-state index contributed by atoms with van der Waals surface area (Å²) in [6, 6.07) is 20.9. The standard InChI is InChI=1S/C37H32N6O14/c44-18-32-29(45)17-34(57-32)40-14-13-33(39-37(40)47)38-36(46)25-15-30(54-19-22-7-1-4-10-26(22)41(48)49)35(56-21-24-9-3-6-12-28(24)43(52)53)31(16-25)55-20-23-8-2-5-11-27(23)42(50)51/h1-16,29,32,34,44-45H,17-21H2,(H,38,39,46,47)/t29-,32+,34+/m0/s1. The molecule has 57 heavy (non-hydrogen) atoms. The monoisotopic (exact) mass is 784 g/mol. The minimum atomic E-state index is -1.02. The summed E-state index contributed by atoms with van der Waals surface area (Å²) in [5.74, 6) is -1.68. The molecular formula is C37H32N6O14. The second kappa shape index (κ2) is 17.5. The Kier molecular flexibility index (Phi) is 12.1. The van der Waals surface area contributed by atoms with Gasteiger partial charge < -0.3 is 34.5 Å². The zero-order valence-corrected chi connectivity index (χ0v) is 29.5. The lowest BCUT2D eigenvalue weighted by atomic mass is 10.1. The van der Waals surface area contributed by atoms with Crippen LogP contribution in [0.25, 0.3) is 0 Å². The normalized spacial score (nSPS) is 16.1. The highest BCUT2D eigenvalue weighted by molar-refractivity contribution is 6.04. The summed E-state index contributed by atoms with van der Waals surface area (Å²) < 4.78 is 24.8. The Bertz CT molecular complexity index is 2310. The molecule has 5 aromatic rings. The van der Waals surface area contributed by atoms with E-state index >= 15 is 0 Å². The number of aliphatic hydroxyl groups excluding tert-OH is 2. The average Bonchev–Trinajstić information content (AvgIpc) is 3.58. The van der Waals surface area contributed by atoms with E-state index in [1.165, 1.54) is 79.0 Å². The number of aliphatic hydroxyl groups is 2. The van der Waals surface area contributed by atoms with Crippen LogP contribution in [0.4, 0.5) is 22.9 Å². The third-order valence-corrected chi connectivity index (χ3v) is 8.75. The van der Waals surface area contributed by atoms with Crippen LogP contribution in [0.15, 0.2) is 102 Å². The van der Waals surface area contributed by atoms with E-state index in [1.54, 1.807) is 18.2 Å². The van der Waals surface area contributed by atoms with Gasteiger partial charge in [-0.2, -0.15) is 4.98 Å². The van der Waals surface area contributed by atoms with Crippen LogP contribution in [-0.2, 0) is 24.6 Å². The Hall–Kier alpha value is -7.29. The third-order valence-electron chi connectivity index (χ3n) is 8.75. The number of nitro groups is 3. The number of carbonyl (C=O) groups is 1. The molecular weight excluding hydrogens is 752 g/mol. The van der Waals surface area contributed by atoms with Gasteiger partial charge in [0.15, 0.2) is 11.5 Å². The molecule has 294 valence electrons. The maximum Gasteiger partial charge on any atom is 0.351 e. The average molecular weight is 785 g/mol.